The summed E-state index contributed by atoms with van der Waals surface area (Å²) in [6.07, 6.45) is 4.00. The van der Waals surface area contributed by atoms with E-state index in [0.29, 0.717) is 41.5 Å². The minimum atomic E-state index is -3.13. The van der Waals surface area contributed by atoms with Crippen LogP contribution in [0.15, 0.2) is 29.6 Å². The molecule has 4 fully saturated rings. The smallest absolute Gasteiger partial charge is 0.226 e. The fourth-order valence-corrected chi connectivity index (χ4v) is 7.15. The number of nitrogens with one attached hydrogen (secondary N) is 1. The van der Waals surface area contributed by atoms with Crippen molar-refractivity contribution in [2.24, 2.45) is 11.8 Å². The Morgan fingerprint density at radius 3 is 2.58 bits per heavy atom. The van der Waals surface area contributed by atoms with E-state index in [0.717, 1.165) is 37.2 Å². The van der Waals surface area contributed by atoms with Crippen molar-refractivity contribution < 1.29 is 13.2 Å². The van der Waals surface area contributed by atoms with Crippen LogP contribution in [0.2, 0.25) is 5.02 Å². The number of benzene rings is 1. The third-order valence-corrected chi connectivity index (χ3v) is 9.52. The van der Waals surface area contributed by atoms with Gasteiger partial charge in [-0.2, -0.15) is 4.31 Å². The molecule has 1 saturated heterocycles. The van der Waals surface area contributed by atoms with Gasteiger partial charge in [-0.15, -0.1) is 11.3 Å². The summed E-state index contributed by atoms with van der Waals surface area (Å²) in [5.41, 5.74) is 1.70. The number of thiazole rings is 1. The van der Waals surface area contributed by atoms with E-state index in [-0.39, 0.29) is 11.4 Å². The van der Waals surface area contributed by atoms with Crippen LogP contribution in [0, 0.1) is 11.8 Å². The van der Waals surface area contributed by atoms with Crippen molar-refractivity contribution in [3.05, 3.63) is 34.7 Å². The number of hydrogen-bond acceptors (Lipinski definition) is 6. The Balaban J connectivity index is 1.18. The standard InChI is InChI=1S/C21H25ClN4O3S2/c1-31(28,29)26-8-6-25(7-9-26)21-11-14(12-21)16(21)10-19(27)24-20-23-18(13-30-20)15-4-2-3-5-17(15)22/h2-5,13-14,16H,6-12H2,1H3,(H,23,24,27). The molecule has 3 saturated carbocycles. The van der Waals surface area contributed by atoms with Gasteiger partial charge in [-0.3, -0.25) is 9.69 Å². The number of aromatic nitrogens is 1. The monoisotopic (exact) mass is 480 g/mol. The zero-order valence-electron chi connectivity index (χ0n) is 17.3. The van der Waals surface area contributed by atoms with Gasteiger partial charge >= 0.3 is 0 Å². The van der Waals surface area contributed by atoms with Gasteiger partial charge in [0.2, 0.25) is 15.9 Å². The molecule has 0 radical (unpaired) electrons. The lowest BCUT2D eigenvalue weighted by atomic mass is 9.40. The number of halogens is 1. The highest BCUT2D eigenvalue weighted by Gasteiger charge is 2.67. The molecule has 6 rings (SSSR count). The van der Waals surface area contributed by atoms with E-state index in [1.54, 1.807) is 4.31 Å². The van der Waals surface area contributed by atoms with Crippen molar-refractivity contribution in [1.82, 2.24) is 14.2 Å². The van der Waals surface area contributed by atoms with Crippen LogP contribution in [0.5, 0.6) is 0 Å². The number of carbonyl (C=O) groups is 1. The predicted octanol–water partition coefficient (Wildman–Crippen LogP) is 3.15. The molecule has 1 aromatic carbocycles. The summed E-state index contributed by atoms with van der Waals surface area (Å²) in [6.45, 7) is 2.55. The van der Waals surface area contributed by atoms with E-state index in [9.17, 15) is 13.2 Å². The average molecular weight is 481 g/mol. The van der Waals surface area contributed by atoms with E-state index in [1.807, 2.05) is 29.6 Å². The van der Waals surface area contributed by atoms with Gasteiger partial charge in [-0.25, -0.2) is 13.4 Å². The minimum Gasteiger partial charge on any atom is -0.302 e. The van der Waals surface area contributed by atoms with Gasteiger partial charge in [0.25, 0.3) is 0 Å². The molecular formula is C21H25ClN4O3S2. The highest BCUT2D eigenvalue weighted by atomic mass is 35.5. The zero-order chi connectivity index (χ0) is 21.8. The summed E-state index contributed by atoms with van der Waals surface area (Å²) < 4.78 is 25.1. The molecule has 1 aromatic heterocycles. The molecule has 31 heavy (non-hydrogen) atoms. The van der Waals surface area contributed by atoms with Crippen molar-refractivity contribution in [2.45, 2.75) is 24.8 Å². The third-order valence-electron chi connectivity index (χ3n) is 7.13. The summed E-state index contributed by atoms with van der Waals surface area (Å²) >= 11 is 7.65. The highest BCUT2D eigenvalue weighted by molar-refractivity contribution is 7.88. The predicted molar refractivity (Wildman–Crippen MR) is 123 cm³/mol. The van der Waals surface area contributed by atoms with Gasteiger partial charge in [-0.05, 0) is 30.7 Å². The van der Waals surface area contributed by atoms with Crippen LogP contribution in [0.1, 0.15) is 19.3 Å². The second-order valence-electron chi connectivity index (χ2n) is 8.80. The molecule has 2 bridgehead atoms. The number of nitrogens with zero attached hydrogens (tertiary/aromatic N) is 3. The summed E-state index contributed by atoms with van der Waals surface area (Å²) in [6, 6.07) is 7.53. The van der Waals surface area contributed by atoms with E-state index in [2.05, 4.69) is 15.2 Å². The lowest BCUT2D eigenvalue weighted by Gasteiger charge is -2.73. The van der Waals surface area contributed by atoms with Crippen molar-refractivity contribution in [3.63, 3.8) is 0 Å². The first-order chi connectivity index (χ1) is 14.8. The molecule has 2 aromatic rings. The highest BCUT2D eigenvalue weighted by Crippen LogP contribution is 2.66. The Bertz CT molecular complexity index is 1110. The van der Waals surface area contributed by atoms with Crippen molar-refractivity contribution in [3.8, 4) is 11.3 Å². The quantitative estimate of drug-likeness (QED) is 0.686. The minimum absolute atomic E-state index is 0.00592. The third kappa shape index (κ3) is 3.80. The fourth-order valence-electron chi connectivity index (χ4n) is 5.36. The number of rotatable bonds is 6. The molecule has 10 heteroatoms. The van der Waals surface area contributed by atoms with Crippen molar-refractivity contribution in [1.29, 1.82) is 0 Å². The second kappa shape index (κ2) is 7.81. The van der Waals surface area contributed by atoms with Gasteiger partial charge in [0.05, 0.1) is 11.9 Å². The molecule has 166 valence electrons. The molecule has 1 amide bonds. The fraction of sp³-hybridized carbons (Fsp3) is 0.524. The Hall–Kier alpha value is -1.52. The normalized spacial score (nSPS) is 28.6. The average Bonchev–Trinajstić information content (AvgIpc) is 3.13. The lowest BCUT2D eigenvalue weighted by molar-refractivity contribution is -0.216. The topological polar surface area (TPSA) is 82.6 Å². The first-order valence-electron chi connectivity index (χ1n) is 10.5. The van der Waals surface area contributed by atoms with Crippen LogP contribution in [-0.4, -0.2) is 66.5 Å². The number of anilines is 1. The van der Waals surface area contributed by atoms with Crippen LogP contribution >= 0.6 is 22.9 Å². The molecule has 1 atom stereocenters. The molecule has 1 aliphatic heterocycles. The van der Waals surface area contributed by atoms with Gasteiger partial charge in [0.1, 0.15) is 0 Å². The van der Waals surface area contributed by atoms with Crippen molar-refractivity contribution >= 4 is 44.0 Å². The van der Waals surface area contributed by atoms with Crippen LogP contribution in [-0.2, 0) is 14.8 Å². The first-order valence-corrected chi connectivity index (χ1v) is 13.6. The molecular weight excluding hydrogens is 456 g/mol. The molecule has 1 unspecified atom stereocenters. The Kier molecular flexibility index (Phi) is 5.37. The summed E-state index contributed by atoms with van der Waals surface area (Å²) in [7, 11) is -3.13. The number of hydrogen-bond donors (Lipinski definition) is 1. The Morgan fingerprint density at radius 1 is 1.26 bits per heavy atom. The molecule has 3 aliphatic carbocycles. The SMILES string of the molecule is CS(=O)(=O)N1CCN(C23CC(C2)C3CC(=O)Nc2nc(-c3ccccc3Cl)cs2)CC1. The van der Waals surface area contributed by atoms with E-state index >= 15 is 0 Å². The van der Waals surface area contributed by atoms with Gasteiger partial charge in [0, 0.05) is 54.1 Å². The van der Waals surface area contributed by atoms with E-state index in [4.69, 9.17) is 11.6 Å². The van der Waals surface area contributed by atoms with Crippen LogP contribution in [0.4, 0.5) is 5.13 Å². The number of sulfonamides is 1. The Morgan fingerprint density at radius 2 is 1.97 bits per heavy atom. The molecule has 7 nitrogen and oxygen atoms in total. The summed E-state index contributed by atoms with van der Waals surface area (Å²) in [5.74, 6) is 0.947. The van der Waals surface area contributed by atoms with Gasteiger partial charge < -0.3 is 5.32 Å². The van der Waals surface area contributed by atoms with Gasteiger partial charge in [-0.1, -0.05) is 29.8 Å². The molecule has 0 spiro atoms. The maximum Gasteiger partial charge on any atom is 0.226 e. The lowest BCUT2D eigenvalue weighted by Crippen LogP contribution is -2.77. The maximum absolute atomic E-state index is 12.7. The largest absolute Gasteiger partial charge is 0.302 e. The van der Waals surface area contributed by atoms with E-state index < -0.39 is 10.0 Å². The number of piperazine rings is 1. The van der Waals surface area contributed by atoms with Crippen LogP contribution in [0.3, 0.4) is 0 Å². The summed E-state index contributed by atoms with van der Waals surface area (Å²) in [5, 5.41) is 6.09. The molecule has 1 N–H and O–H groups in total. The Labute approximate surface area is 191 Å². The first kappa shape index (κ1) is 21.3. The maximum atomic E-state index is 12.7. The van der Waals surface area contributed by atoms with Crippen LogP contribution < -0.4 is 5.32 Å². The molecule has 2 heterocycles. The summed E-state index contributed by atoms with van der Waals surface area (Å²) in [4.78, 5) is 19.7. The van der Waals surface area contributed by atoms with Crippen LogP contribution in [0.25, 0.3) is 11.3 Å². The molecule has 4 aliphatic rings. The number of amides is 1. The second-order valence-corrected chi connectivity index (χ2v) is 12.0. The zero-order valence-corrected chi connectivity index (χ0v) is 19.6. The van der Waals surface area contributed by atoms with Gasteiger partial charge in [0.15, 0.2) is 5.13 Å². The van der Waals surface area contributed by atoms with Crippen molar-refractivity contribution in [2.75, 3.05) is 37.8 Å². The van der Waals surface area contributed by atoms with E-state index in [1.165, 1.54) is 17.6 Å². The number of carbonyl (C=O) groups excluding carboxylic acids is 1.